The van der Waals surface area contributed by atoms with Crippen LogP contribution in [0.5, 0.6) is 0 Å². The van der Waals surface area contributed by atoms with Crippen LogP contribution < -0.4 is 5.32 Å². The number of nitrogens with one attached hydrogen (secondary N) is 1. The van der Waals surface area contributed by atoms with Crippen molar-refractivity contribution in [2.24, 2.45) is 0 Å². The summed E-state index contributed by atoms with van der Waals surface area (Å²) in [6, 6.07) is 0.875. The molecule has 0 radical (unpaired) electrons. The predicted octanol–water partition coefficient (Wildman–Crippen LogP) is 3.37. The first kappa shape index (κ1) is 16.3. The third-order valence-corrected chi connectivity index (χ3v) is 4.89. The molecule has 0 unspecified atom stereocenters. The van der Waals surface area contributed by atoms with Gasteiger partial charge in [0.15, 0.2) is 0 Å². The van der Waals surface area contributed by atoms with Gasteiger partial charge in [-0.05, 0) is 63.9 Å². The molecule has 0 bridgehead atoms. The van der Waals surface area contributed by atoms with Gasteiger partial charge in [0.05, 0.1) is 0 Å². The lowest BCUT2D eigenvalue weighted by Gasteiger charge is -2.31. The highest BCUT2D eigenvalue weighted by Gasteiger charge is 2.16. The van der Waals surface area contributed by atoms with Gasteiger partial charge in [-0.3, -0.25) is 0 Å². The van der Waals surface area contributed by atoms with Crippen molar-refractivity contribution in [1.29, 1.82) is 0 Å². The Labute approximate surface area is 118 Å². The summed E-state index contributed by atoms with van der Waals surface area (Å²) in [4.78, 5) is 2.59. The van der Waals surface area contributed by atoms with Gasteiger partial charge >= 0.3 is 0 Å². The molecule has 18 heavy (non-hydrogen) atoms. The van der Waals surface area contributed by atoms with Gasteiger partial charge in [-0.25, -0.2) is 0 Å². The SMILES string of the molecule is CCSCCCNCCCN(C)C1CCCCC1. The molecule has 0 saturated heterocycles. The zero-order valence-corrected chi connectivity index (χ0v) is 13.2. The fourth-order valence-electron chi connectivity index (χ4n) is 2.73. The van der Waals surface area contributed by atoms with E-state index in [4.69, 9.17) is 0 Å². The smallest absolute Gasteiger partial charge is 0.00922 e. The van der Waals surface area contributed by atoms with Crippen LogP contribution in [0.15, 0.2) is 0 Å². The third-order valence-electron chi connectivity index (χ3n) is 3.91. The Morgan fingerprint density at radius 3 is 2.56 bits per heavy atom. The van der Waals surface area contributed by atoms with Crippen molar-refractivity contribution in [2.75, 3.05) is 38.2 Å². The summed E-state index contributed by atoms with van der Waals surface area (Å²) in [5, 5.41) is 3.56. The van der Waals surface area contributed by atoms with E-state index in [0.29, 0.717) is 0 Å². The molecular weight excluding hydrogens is 240 g/mol. The summed E-state index contributed by atoms with van der Waals surface area (Å²) >= 11 is 2.05. The zero-order valence-electron chi connectivity index (χ0n) is 12.4. The number of thioether (sulfide) groups is 1. The minimum Gasteiger partial charge on any atom is -0.317 e. The van der Waals surface area contributed by atoms with E-state index in [0.717, 1.165) is 6.04 Å². The number of hydrogen-bond acceptors (Lipinski definition) is 3. The van der Waals surface area contributed by atoms with Crippen LogP contribution in [0.25, 0.3) is 0 Å². The van der Waals surface area contributed by atoms with Gasteiger partial charge in [0.1, 0.15) is 0 Å². The summed E-state index contributed by atoms with van der Waals surface area (Å²) < 4.78 is 0. The van der Waals surface area contributed by atoms with E-state index in [9.17, 15) is 0 Å². The van der Waals surface area contributed by atoms with Crippen LogP contribution in [0.4, 0.5) is 0 Å². The van der Waals surface area contributed by atoms with E-state index < -0.39 is 0 Å². The van der Waals surface area contributed by atoms with Crippen molar-refractivity contribution < 1.29 is 0 Å². The molecule has 0 aromatic carbocycles. The molecule has 0 heterocycles. The zero-order chi connectivity index (χ0) is 13.1. The minimum atomic E-state index is 0.875. The maximum atomic E-state index is 3.56. The van der Waals surface area contributed by atoms with Crippen molar-refractivity contribution in [2.45, 2.75) is 57.9 Å². The predicted molar refractivity (Wildman–Crippen MR) is 84.6 cm³/mol. The molecule has 0 aliphatic heterocycles. The monoisotopic (exact) mass is 272 g/mol. The second-order valence-electron chi connectivity index (χ2n) is 5.43. The summed E-state index contributed by atoms with van der Waals surface area (Å²) in [7, 11) is 2.31. The number of hydrogen-bond donors (Lipinski definition) is 1. The highest BCUT2D eigenvalue weighted by Crippen LogP contribution is 2.21. The van der Waals surface area contributed by atoms with Crippen LogP contribution in [0.3, 0.4) is 0 Å². The summed E-state index contributed by atoms with van der Waals surface area (Å²) in [5.41, 5.74) is 0. The summed E-state index contributed by atoms with van der Waals surface area (Å²) in [6.45, 7) is 5.88. The lowest BCUT2D eigenvalue weighted by atomic mass is 9.94. The molecule has 0 aromatic rings. The van der Waals surface area contributed by atoms with E-state index in [1.807, 2.05) is 11.8 Å². The Kier molecular flexibility index (Phi) is 10.1. The lowest BCUT2D eigenvalue weighted by Crippen LogP contribution is -2.35. The molecule has 0 aromatic heterocycles. The Balaban J connectivity index is 1.87. The maximum Gasteiger partial charge on any atom is 0.00922 e. The van der Waals surface area contributed by atoms with E-state index in [2.05, 4.69) is 24.2 Å². The topological polar surface area (TPSA) is 15.3 Å². The second-order valence-corrected chi connectivity index (χ2v) is 6.82. The van der Waals surface area contributed by atoms with Crippen LogP contribution in [0.1, 0.15) is 51.9 Å². The van der Waals surface area contributed by atoms with E-state index in [1.165, 1.54) is 76.1 Å². The Morgan fingerprint density at radius 1 is 1.11 bits per heavy atom. The average molecular weight is 273 g/mol. The van der Waals surface area contributed by atoms with Crippen molar-refractivity contribution in [3.63, 3.8) is 0 Å². The fourth-order valence-corrected chi connectivity index (χ4v) is 3.36. The van der Waals surface area contributed by atoms with Crippen molar-refractivity contribution in [3.8, 4) is 0 Å². The van der Waals surface area contributed by atoms with Gasteiger partial charge in [0, 0.05) is 6.04 Å². The van der Waals surface area contributed by atoms with E-state index in [1.54, 1.807) is 0 Å². The highest BCUT2D eigenvalue weighted by molar-refractivity contribution is 7.99. The van der Waals surface area contributed by atoms with Crippen LogP contribution in [-0.2, 0) is 0 Å². The molecule has 0 amide bonds. The van der Waals surface area contributed by atoms with Gasteiger partial charge in [-0.1, -0.05) is 26.2 Å². The molecule has 1 fully saturated rings. The van der Waals surface area contributed by atoms with E-state index in [-0.39, 0.29) is 0 Å². The minimum absolute atomic E-state index is 0.875. The Hall–Kier alpha value is 0.270. The molecule has 1 saturated carbocycles. The molecule has 1 rings (SSSR count). The Bertz CT molecular complexity index is 181. The first-order valence-electron chi connectivity index (χ1n) is 7.83. The summed E-state index contributed by atoms with van der Waals surface area (Å²) in [6.07, 6.45) is 9.83. The molecule has 0 spiro atoms. The molecule has 3 heteroatoms. The van der Waals surface area contributed by atoms with Crippen LogP contribution in [0.2, 0.25) is 0 Å². The maximum absolute atomic E-state index is 3.56. The van der Waals surface area contributed by atoms with Crippen molar-refractivity contribution >= 4 is 11.8 Å². The van der Waals surface area contributed by atoms with E-state index >= 15 is 0 Å². The van der Waals surface area contributed by atoms with Crippen LogP contribution in [-0.4, -0.2) is 49.1 Å². The molecule has 108 valence electrons. The Morgan fingerprint density at radius 2 is 1.83 bits per heavy atom. The molecule has 1 N–H and O–H groups in total. The van der Waals surface area contributed by atoms with Gasteiger partial charge in [-0.15, -0.1) is 0 Å². The molecule has 1 aliphatic carbocycles. The van der Waals surface area contributed by atoms with Crippen molar-refractivity contribution in [3.05, 3.63) is 0 Å². The molecule has 0 atom stereocenters. The van der Waals surface area contributed by atoms with Gasteiger partial charge in [-0.2, -0.15) is 11.8 Å². The molecular formula is C15H32N2S. The lowest BCUT2D eigenvalue weighted by molar-refractivity contribution is 0.189. The van der Waals surface area contributed by atoms with Gasteiger partial charge in [0.2, 0.25) is 0 Å². The van der Waals surface area contributed by atoms with Gasteiger partial charge in [0.25, 0.3) is 0 Å². The third kappa shape index (κ3) is 7.65. The normalized spacial score (nSPS) is 17.5. The largest absolute Gasteiger partial charge is 0.317 e. The average Bonchev–Trinajstić information content (AvgIpc) is 2.42. The quantitative estimate of drug-likeness (QED) is 0.614. The standard InChI is InChI=1S/C15H32N2S/c1-3-18-14-8-12-16-11-7-13-17(2)15-9-5-4-6-10-15/h15-16H,3-14H2,1-2H3. The van der Waals surface area contributed by atoms with Crippen LogP contribution in [0, 0.1) is 0 Å². The second kappa shape index (κ2) is 11.1. The fraction of sp³-hybridized carbons (Fsp3) is 1.00. The van der Waals surface area contributed by atoms with Crippen molar-refractivity contribution in [1.82, 2.24) is 10.2 Å². The first-order valence-corrected chi connectivity index (χ1v) is 8.98. The molecule has 2 nitrogen and oxygen atoms in total. The number of rotatable bonds is 10. The van der Waals surface area contributed by atoms with Gasteiger partial charge < -0.3 is 10.2 Å². The highest BCUT2D eigenvalue weighted by atomic mass is 32.2. The van der Waals surface area contributed by atoms with Crippen LogP contribution >= 0.6 is 11.8 Å². The summed E-state index contributed by atoms with van der Waals surface area (Å²) in [5.74, 6) is 2.57. The molecule has 1 aliphatic rings. The first-order chi connectivity index (χ1) is 8.84. The number of nitrogens with zero attached hydrogens (tertiary/aromatic N) is 1.